The van der Waals surface area contributed by atoms with Crippen molar-refractivity contribution in [2.45, 2.75) is 19.4 Å². The van der Waals surface area contributed by atoms with Crippen molar-refractivity contribution in [3.63, 3.8) is 0 Å². The molecule has 0 fully saturated rings. The van der Waals surface area contributed by atoms with Gasteiger partial charge in [0.25, 0.3) is 0 Å². The van der Waals surface area contributed by atoms with E-state index in [0.717, 1.165) is 16.8 Å². The second-order valence-electron chi connectivity index (χ2n) is 4.65. The van der Waals surface area contributed by atoms with Crippen LogP contribution in [0.2, 0.25) is 5.02 Å². The number of anilines is 1. The van der Waals surface area contributed by atoms with Gasteiger partial charge in [-0.15, -0.1) is 0 Å². The first-order valence-corrected chi connectivity index (χ1v) is 6.87. The van der Waals surface area contributed by atoms with Gasteiger partial charge < -0.3 is 11.1 Å². The minimum atomic E-state index is 0.0207. The molecule has 2 rings (SSSR count). The summed E-state index contributed by atoms with van der Waals surface area (Å²) in [4.78, 5) is 11.8. The van der Waals surface area contributed by atoms with E-state index in [-0.39, 0.29) is 5.91 Å². The van der Waals surface area contributed by atoms with Crippen LogP contribution in [-0.4, -0.2) is 5.91 Å². The Morgan fingerprint density at radius 3 is 2.60 bits per heavy atom. The lowest BCUT2D eigenvalue weighted by Gasteiger charge is -2.06. The molecule has 0 atom stereocenters. The standard InChI is InChI=1S/C16H17ClN2O/c17-14-5-1-4-13(9-14)11-19-16(20)8-7-12-3-2-6-15(18)10-12/h1-6,9-10H,7-8,11,18H2,(H,19,20). The lowest BCUT2D eigenvalue weighted by Crippen LogP contribution is -2.22. The molecule has 104 valence electrons. The quantitative estimate of drug-likeness (QED) is 0.830. The number of hydrogen-bond donors (Lipinski definition) is 2. The summed E-state index contributed by atoms with van der Waals surface area (Å²) in [6.07, 6.45) is 1.14. The van der Waals surface area contributed by atoms with Gasteiger partial charge in [-0.3, -0.25) is 4.79 Å². The van der Waals surface area contributed by atoms with Crippen LogP contribution in [-0.2, 0) is 17.8 Å². The molecule has 0 spiro atoms. The van der Waals surface area contributed by atoms with E-state index in [1.807, 2.05) is 48.5 Å². The van der Waals surface area contributed by atoms with Crippen LogP contribution in [0.3, 0.4) is 0 Å². The molecule has 3 N–H and O–H groups in total. The monoisotopic (exact) mass is 288 g/mol. The third-order valence-electron chi connectivity index (χ3n) is 2.97. The van der Waals surface area contributed by atoms with Gasteiger partial charge in [0.2, 0.25) is 5.91 Å². The van der Waals surface area contributed by atoms with E-state index in [1.54, 1.807) is 0 Å². The molecule has 0 saturated heterocycles. The van der Waals surface area contributed by atoms with E-state index in [9.17, 15) is 4.79 Å². The van der Waals surface area contributed by atoms with Crippen LogP contribution in [0.25, 0.3) is 0 Å². The molecule has 0 aliphatic rings. The Hall–Kier alpha value is -2.00. The second kappa shape index (κ2) is 6.96. The number of nitrogens with one attached hydrogen (secondary N) is 1. The number of carbonyl (C=O) groups excluding carboxylic acids is 1. The summed E-state index contributed by atoms with van der Waals surface area (Å²) < 4.78 is 0. The van der Waals surface area contributed by atoms with E-state index in [0.29, 0.717) is 24.4 Å². The number of aryl methyl sites for hydroxylation is 1. The molecule has 0 radical (unpaired) electrons. The smallest absolute Gasteiger partial charge is 0.220 e. The highest BCUT2D eigenvalue weighted by Gasteiger charge is 2.03. The Balaban J connectivity index is 1.78. The molecule has 0 bridgehead atoms. The van der Waals surface area contributed by atoms with Crippen LogP contribution in [0.5, 0.6) is 0 Å². The SMILES string of the molecule is Nc1cccc(CCC(=O)NCc2cccc(Cl)c2)c1. The molecule has 0 unspecified atom stereocenters. The number of halogens is 1. The fraction of sp³-hybridized carbons (Fsp3) is 0.188. The van der Waals surface area contributed by atoms with Crippen LogP contribution in [0.15, 0.2) is 48.5 Å². The van der Waals surface area contributed by atoms with Crippen molar-refractivity contribution in [3.05, 3.63) is 64.7 Å². The summed E-state index contributed by atoms with van der Waals surface area (Å²) in [5.74, 6) is 0.0207. The van der Waals surface area contributed by atoms with Gasteiger partial charge in [-0.25, -0.2) is 0 Å². The average molecular weight is 289 g/mol. The third-order valence-corrected chi connectivity index (χ3v) is 3.21. The summed E-state index contributed by atoms with van der Waals surface area (Å²) in [5.41, 5.74) is 8.49. The fourth-order valence-corrected chi connectivity index (χ4v) is 2.16. The molecule has 1 amide bonds. The molecular weight excluding hydrogens is 272 g/mol. The first kappa shape index (κ1) is 14.4. The molecule has 2 aromatic rings. The van der Waals surface area contributed by atoms with Crippen molar-refractivity contribution in [2.24, 2.45) is 0 Å². The normalized spacial score (nSPS) is 10.2. The zero-order valence-electron chi connectivity index (χ0n) is 11.1. The molecule has 0 heterocycles. The summed E-state index contributed by atoms with van der Waals surface area (Å²) >= 11 is 5.89. The molecular formula is C16H17ClN2O. The predicted octanol–water partition coefficient (Wildman–Crippen LogP) is 3.17. The molecule has 0 aromatic heterocycles. The van der Waals surface area contributed by atoms with Crippen molar-refractivity contribution in [3.8, 4) is 0 Å². The van der Waals surface area contributed by atoms with Crippen molar-refractivity contribution >= 4 is 23.2 Å². The predicted molar refractivity (Wildman–Crippen MR) is 82.5 cm³/mol. The summed E-state index contributed by atoms with van der Waals surface area (Å²) in [6, 6.07) is 15.1. The molecule has 20 heavy (non-hydrogen) atoms. The molecule has 0 aliphatic heterocycles. The Morgan fingerprint density at radius 2 is 1.85 bits per heavy atom. The van der Waals surface area contributed by atoms with Gasteiger partial charge in [0.15, 0.2) is 0 Å². The third kappa shape index (κ3) is 4.59. The van der Waals surface area contributed by atoms with E-state index < -0.39 is 0 Å². The molecule has 4 heteroatoms. The van der Waals surface area contributed by atoms with Crippen molar-refractivity contribution in [1.82, 2.24) is 5.32 Å². The van der Waals surface area contributed by atoms with E-state index in [4.69, 9.17) is 17.3 Å². The second-order valence-corrected chi connectivity index (χ2v) is 5.09. The zero-order chi connectivity index (χ0) is 14.4. The van der Waals surface area contributed by atoms with Crippen LogP contribution in [0, 0.1) is 0 Å². The van der Waals surface area contributed by atoms with Gasteiger partial charge in [-0.05, 0) is 41.8 Å². The molecule has 0 saturated carbocycles. The van der Waals surface area contributed by atoms with Crippen LogP contribution in [0.1, 0.15) is 17.5 Å². The van der Waals surface area contributed by atoms with Crippen molar-refractivity contribution < 1.29 is 4.79 Å². The Kier molecular flexibility index (Phi) is 5.02. The number of nitrogens with two attached hydrogens (primary N) is 1. The van der Waals surface area contributed by atoms with E-state index >= 15 is 0 Å². The Morgan fingerprint density at radius 1 is 1.10 bits per heavy atom. The Bertz CT molecular complexity index is 547. The van der Waals surface area contributed by atoms with Gasteiger partial charge in [0, 0.05) is 23.7 Å². The fourth-order valence-electron chi connectivity index (χ4n) is 1.94. The van der Waals surface area contributed by atoms with Crippen LogP contribution in [0.4, 0.5) is 5.69 Å². The minimum Gasteiger partial charge on any atom is -0.399 e. The molecule has 0 aliphatic carbocycles. The van der Waals surface area contributed by atoms with Crippen molar-refractivity contribution in [2.75, 3.05) is 5.73 Å². The first-order valence-electron chi connectivity index (χ1n) is 6.49. The topological polar surface area (TPSA) is 55.1 Å². The summed E-state index contributed by atoms with van der Waals surface area (Å²) in [6.45, 7) is 0.496. The first-order chi connectivity index (χ1) is 9.63. The van der Waals surface area contributed by atoms with Gasteiger partial charge in [-0.2, -0.15) is 0 Å². The number of rotatable bonds is 5. The lowest BCUT2D eigenvalue weighted by atomic mass is 10.1. The molecule has 3 nitrogen and oxygen atoms in total. The highest BCUT2D eigenvalue weighted by molar-refractivity contribution is 6.30. The number of benzene rings is 2. The highest BCUT2D eigenvalue weighted by atomic mass is 35.5. The minimum absolute atomic E-state index is 0.0207. The maximum absolute atomic E-state index is 11.8. The van der Waals surface area contributed by atoms with Crippen LogP contribution >= 0.6 is 11.6 Å². The van der Waals surface area contributed by atoms with Gasteiger partial charge >= 0.3 is 0 Å². The van der Waals surface area contributed by atoms with Crippen LogP contribution < -0.4 is 11.1 Å². The van der Waals surface area contributed by atoms with Gasteiger partial charge in [0.05, 0.1) is 0 Å². The summed E-state index contributed by atoms with van der Waals surface area (Å²) in [5, 5.41) is 3.56. The molecule has 2 aromatic carbocycles. The zero-order valence-corrected chi connectivity index (χ0v) is 11.9. The average Bonchev–Trinajstić information content (AvgIpc) is 2.43. The highest BCUT2D eigenvalue weighted by Crippen LogP contribution is 2.11. The number of carbonyl (C=O) groups is 1. The lowest BCUT2D eigenvalue weighted by molar-refractivity contribution is -0.121. The maximum atomic E-state index is 11.8. The number of amides is 1. The maximum Gasteiger partial charge on any atom is 0.220 e. The Labute approximate surface area is 123 Å². The number of hydrogen-bond acceptors (Lipinski definition) is 2. The van der Waals surface area contributed by atoms with Crippen molar-refractivity contribution in [1.29, 1.82) is 0 Å². The van der Waals surface area contributed by atoms with Gasteiger partial charge in [0.1, 0.15) is 0 Å². The summed E-state index contributed by atoms with van der Waals surface area (Å²) in [7, 11) is 0. The van der Waals surface area contributed by atoms with E-state index in [2.05, 4.69) is 5.32 Å². The van der Waals surface area contributed by atoms with E-state index in [1.165, 1.54) is 0 Å². The number of nitrogen functional groups attached to an aromatic ring is 1. The van der Waals surface area contributed by atoms with Gasteiger partial charge in [-0.1, -0.05) is 35.9 Å². The largest absolute Gasteiger partial charge is 0.399 e.